The molecule has 8 nitrogen and oxygen atoms in total. The molecule has 0 unspecified atom stereocenters. The van der Waals surface area contributed by atoms with Gasteiger partial charge in [0.05, 0.1) is 38.2 Å². The van der Waals surface area contributed by atoms with Crippen LogP contribution in [0.5, 0.6) is 11.5 Å². The monoisotopic (exact) mass is 513 g/mol. The summed E-state index contributed by atoms with van der Waals surface area (Å²) >= 11 is 0. The van der Waals surface area contributed by atoms with Crippen molar-refractivity contribution in [3.8, 4) is 11.5 Å². The quantitative estimate of drug-likeness (QED) is 0.387. The average molecular weight is 514 g/mol. The zero-order valence-electron chi connectivity index (χ0n) is 22.0. The van der Waals surface area contributed by atoms with Gasteiger partial charge in [0.25, 0.3) is 11.5 Å². The third kappa shape index (κ3) is 4.94. The third-order valence-electron chi connectivity index (χ3n) is 7.03. The lowest BCUT2D eigenvalue weighted by Gasteiger charge is -2.17. The summed E-state index contributed by atoms with van der Waals surface area (Å²) in [5, 5.41) is 3.32. The molecule has 1 aliphatic rings. The van der Waals surface area contributed by atoms with Gasteiger partial charge in [-0.25, -0.2) is 4.79 Å². The molecule has 8 heteroatoms. The van der Waals surface area contributed by atoms with Gasteiger partial charge in [0, 0.05) is 17.7 Å². The van der Waals surface area contributed by atoms with Gasteiger partial charge in [-0.2, -0.15) is 0 Å². The van der Waals surface area contributed by atoms with Crippen molar-refractivity contribution in [1.82, 2.24) is 14.5 Å². The van der Waals surface area contributed by atoms with E-state index in [0.29, 0.717) is 34.5 Å². The van der Waals surface area contributed by atoms with Crippen LogP contribution in [0.25, 0.3) is 10.9 Å². The zero-order valence-corrected chi connectivity index (χ0v) is 22.0. The van der Waals surface area contributed by atoms with E-state index in [1.807, 2.05) is 26.0 Å². The molecule has 1 aromatic heterocycles. The van der Waals surface area contributed by atoms with Crippen LogP contribution in [0.3, 0.4) is 0 Å². The van der Waals surface area contributed by atoms with Crippen LogP contribution in [0.1, 0.15) is 45.5 Å². The van der Waals surface area contributed by atoms with E-state index in [9.17, 15) is 14.4 Å². The normalized spacial score (nSPS) is 12.9. The van der Waals surface area contributed by atoms with Crippen molar-refractivity contribution in [3.63, 3.8) is 0 Å². The van der Waals surface area contributed by atoms with Crippen molar-refractivity contribution in [2.45, 2.75) is 45.8 Å². The number of fused-ring (bicyclic) bond motifs is 1. The lowest BCUT2D eigenvalue weighted by atomic mass is 10.1. The van der Waals surface area contributed by atoms with Crippen LogP contribution >= 0.6 is 0 Å². The zero-order chi connectivity index (χ0) is 27.0. The molecule has 4 aromatic rings. The molecule has 0 bridgehead atoms. The summed E-state index contributed by atoms with van der Waals surface area (Å²) in [6.45, 7) is 4.37. The highest BCUT2D eigenvalue weighted by molar-refractivity contribution is 5.94. The Kier molecular flexibility index (Phi) is 6.80. The van der Waals surface area contributed by atoms with E-state index < -0.39 is 11.2 Å². The molecule has 196 valence electrons. The van der Waals surface area contributed by atoms with Crippen molar-refractivity contribution < 1.29 is 14.3 Å². The van der Waals surface area contributed by atoms with E-state index in [4.69, 9.17) is 9.47 Å². The molecule has 1 fully saturated rings. The Morgan fingerprint density at radius 2 is 1.58 bits per heavy atom. The molecular formula is C30H31N3O5. The second kappa shape index (κ2) is 10.2. The van der Waals surface area contributed by atoms with E-state index in [0.717, 1.165) is 35.1 Å². The first-order valence-corrected chi connectivity index (χ1v) is 12.6. The number of nitrogens with zero attached hydrogens (tertiary/aromatic N) is 2. The molecule has 0 radical (unpaired) electrons. The van der Waals surface area contributed by atoms with Crippen LogP contribution in [-0.4, -0.2) is 35.3 Å². The number of hydrogen-bond donors (Lipinski definition) is 1. The van der Waals surface area contributed by atoms with Gasteiger partial charge >= 0.3 is 5.69 Å². The average Bonchev–Trinajstić information content (AvgIpc) is 3.74. The Hall–Kier alpha value is -4.33. The van der Waals surface area contributed by atoms with Gasteiger partial charge in [0.2, 0.25) is 0 Å². The number of nitrogens with one attached hydrogen (secondary N) is 1. The predicted octanol–water partition coefficient (Wildman–Crippen LogP) is 3.79. The number of benzene rings is 3. The molecule has 1 aliphatic carbocycles. The second-order valence-corrected chi connectivity index (χ2v) is 9.86. The van der Waals surface area contributed by atoms with Crippen LogP contribution in [0, 0.1) is 13.8 Å². The van der Waals surface area contributed by atoms with Crippen LogP contribution in [0.2, 0.25) is 0 Å². The van der Waals surface area contributed by atoms with Crippen molar-refractivity contribution in [2.24, 2.45) is 0 Å². The standard InChI is InChI=1S/C30H31N3O5/c1-18-5-6-19(2)22(13-18)17-32-25-15-27(38-4)26(37-3)14-24(25)29(35)33(30(32)36)16-20-7-9-21(10-8-20)28(34)31-23-11-12-23/h5-10,13-15,23H,11-12,16-17H2,1-4H3,(H,31,34). The summed E-state index contributed by atoms with van der Waals surface area (Å²) in [6, 6.07) is 16.7. The summed E-state index contributed by atoms with van der Waals surface area (Å²) in [7, 11) is 3.03. The Bertz CT molecular complexity index is 1650. The maximum atomic E-state index is 13.9. The number of aryl methyl sites for hydroxylation is 2. The maximum absolute atomic E-state index is 13.9. The van der Waals surface area contributed by atoms with E-state index in [-0.39, 0.29) is 18.5 Å². The van der Waals surface area contributed by atoms with Crippen molar-refractivity contribution in [2.75, 3.05) is 14.2 Å². The highest BCUT2D eigenvalue weighted by Crippen LogP contribution is 2.31. The van der Waals surface area contributed by atoms with Crippen molar-refractivity contribution >= 4 is 16.8 Å². The van der Waals surface area contributed by atoms with Gasteiger partial charge < -0.3 is 14.8 Å². The molecule has 5 rings (SSSR count). The number of aromatic nitrogens is 2. The molecular weight excluding hydrogens is 482 g/mol. The molecule has 1 N–H and O–H groups in total. The number of amides is 1. The van der Waals surface area contributed by atoms with Crippen LogP contribution in [0.4, 0.5) is 0 Å². The number of carbonyl (C=O) groups excluding carboxylic acids is 1. The van der Waals surface area contributed by atoms with Gasteiger partial charge in [-0.1, -0.05) is 35.9 Å². The van der Waals surface area contributed by atoms with Gasteiger partial charge in [-0.05, 0) is 61.6 Å². The molecule has 0 saturated heterocycles. The predicted molar refractivity (Wildman–Crippen MR) is 147 cm³/mol. The van der Waals surface area contributed by atoms with Crippen molar-refractivity contribution in [3.05, 3.63) is 103 Å². The topological polar surface area (TPSA) is 91.6 Å². The molecule has 3 aromatic carbocycles. The number of hydrogen-bond acceptors (Lipinski definition) is 5. The Balaban J connectivity index is 1.61. The number of carbonyl (C=O) groups is 1. The van der Waals surface area contributed by atoms with Crippen LogP contribution in [0.15, 0.2) is 64.2 Å². The largest absolute Gasteiger partial charge is 0.493 e. The molecule has 0 atom stereocenters. The summed E-state index contributed by atoms with van der Waals surface area (Å²) in [5.74, 6) is 0.733. The summed E-state index contributed by atoms with van der Waals surface area (Å²) < 4.78 is 13.8. The fourth-order valence-corrected chi connectivity index (χ4v) is 4.62. The Labute approximate surface area is 220 Å². The molecule has 1 saturated carbocycles. The number of rotatable bonds is 8. The van der Waals surface area contributed by atoms with Crippen LogP contribution in [-0.2, 0) is 13.1 Å². The number of ether oxygens (including phenoxy) is 2. The van der Waals surface area contributed by atoms with Gasteiger partial charge in [0.1, 0.15) is 0 Å². The van der Waals surface area contributed by atoms with E-state index in [2.05, 4.69) is 11.4 Å². The first-order valence-electron chi connectivity index (χ1n) is 12.6. The highest BCUT2D eigenvalue weighted by Gasteiger charge is 2.24. The lowest BCUT2D eigenvalue weighted by molar-refractivity contribution is 0.0951. The fraction of sp³-hybridized carbons (Fsp3) is 0.300. The van der Waals surface area contributed by atoms with Crippen molar-refractivity contribution in [1.29, 1.82) is 0 Å². The minimum atomic E-state index is -0.425. The second-order valence-electron chi connectivity index (χ2n) is 9.86. The molecule has 0 spiro atoms. The summed E-state index contributed by atoms with van der Waals surface area (Å²) in [5.41, 5.74) is 4.04. The number of methoxy groups -OCH3 is 2. The van der Waals surface area contributed by atoms with Gasteiger partial charge in [0.15, 0.2) is 11.5 Å². The minimum absolute atomic E-state index is 0.0687. The lowest BCUT2D eigenvalue weighted by Crippen LogP contribution is -2.40. The summed E-state index contributed by atoms with van der Waals surface area (Å²) in [6.07, 6.45) is 2.03. The Morgan fingerprint density at radius 1 is 0.895 bits per heavy atom. The summed E-state index contributed by atoms with van der Waals surface area (Å²) in [4.78, 5) is 39.9. The molecule has 38 heavy (non-hydrogen) atoms. The fourth-order valence-electron chi connectivity index (χ4n) is 4.62. The molecule has 0 aliphatic heterocycles. The van der Waals surface area contributed by atoms with Crippen LogP contribution < -0.4 is 26.0 Å². The third-order valence-corrected chi connectivity index (χ3v) is 7.03. The Morgan fingerprint density at radius 3 is 2.24 bits per heavy atom. The molecule has 1 amide bonds. The minimum Gasteiger partial charge on any atom is -0.493 e. The first kappa shape index (κ1) is 25.3. The maximum Gasteiger partial charge on any atom is 0.332 e. The first-order chi connectivity index (χ1) is 18.3. The smallest absolute Gasteiger partial charge is 0.332 e. The molecule has 1 heterocycles. The van der Waals surface area contributed by atoms with Gasteiger partial charge in [-0.15, -0.1) is 0 Å². The van der Waals surface area contributed by atoms with Gasteiger partial charge in [-0.3, -0.25) is 18.7 Å². The SMILES string of the molecule is COc1cc2c(=O)n(Cc3ccc(C(=O)NC4CC4)cc3)c(=O)n(Cc3cc(C)ccc3C)c2cc1OC. The van der Waals surface area contributed by atoms with E-state index in [1.54, 1.807) is 41.0 Å². The highest BCUT2D eigenvalue weighted by atomic mass is 16.5. The van der Waals surface area contributed by atoms with E-state index >= 15 is 0 Å². The van der Waals surface area contributed by atoms with E-state index in [1.165, 1.54) is 18.8 Å².